The molecule has 4 heteroatoms. The third kappa shape index (κ3) is 2.33. The van der Waals surface area contributed by atoms with E-state index in [-0.39, 0.29) is 5.37 Å². The number of hydrogen-bond donors (Lipinski definition) is 2. The van der Waals surface area contributed by atoms with E-state index in [2.05, 4.69) is 29.6 Å². The summed E-state index contributed by atoms with van der Waals surface area (Å²) in [4.78, 5) is 10.9. The Morgan fingerprint density at radius 1 is 1.24 bits per heavy atom. The molecule has 2 N–H and O–H groups in total. The van der Waals surface area contributed by atoms with Crippen LogP contribution in [0, 0.1) is 0 Å². The van der Waals surface area contributed by atoms with Crippen LogP contribution in [-0.2, 0) is 4.79 Å². The van der Waals surface area contributed by atoms with Gasteiger partial charge in [0, 0.05) is 5.75 Å². The lowest BCUT2D eigenvalue weighted by molar-refractivity contribution is -0.138. The molecule has 2 fully saturated rings. The number of benzene rings is 1. The quantitative estimate of drug-likeness (QED) is 0.863. The molecule has 3 rings (SSSR count). The summed E-state index contributed by atoms with van der Waals surface area (Å²) < 4.78 is 0. The van der Waals surface area contributed by atoms with E-state index in [1.165, 1.54) is 24.0 Å². The van der Waals surface area contributed by atoms with Crippen LogP contribution >= 0.6 is 11.8 Å². The molecule has 2 atom stereocenters. The first-order chi connectivity index (χ1) is 8.24. The highest BCUT2D eigenvalue weighted by Crippen LogP contribution is 2.41. The van der Waals surface area contributed by atoms with Gasteiger partial charge in [0.15, 0.2) is 0 Å². The molecule has 0 spiro atoms. The second-order valence-electron chi connectivity index (χ2n) is 4.71. The standard InChI is InChI=1S/C13H15NO2S/c15-13(16)11-7-17-12(14-11)10-5-3-9(4-6-10)8-1-2-8/h3-6,8,11-12,14H,1-2,7H2,(H,15,16)/t11-,12?/m0/s1. The highest BCUT2D eigenvalue weighted by molar-refractivity contribution is 7.99. The van der Waals surface area contributed by atoms with E-state index < -0.39 is 12.0 Å². The maximum absolute atomic E-state index is 10.9. The zero-order valence-corrected chi connectivity index (χ0v) is 10.2. The molecule has 1 saturated heterocycles. The number of thioether (sulfide) groups is 1. The average molecular weight is 249 g/mol. The van der Waals surface area contributed by atoms with Gasteiger partial charge >= 0.3 is 5.97 Å². The van der Waals surface area contributed by atoms with Crippen LogP contribution in [0.25, 0.3) is 0 Å². The summed E-state index contributed by atoms with van der Waals surface area (Å²) >= 11 is 1.67. The Hall–Kier alpha value is -1.00. The van der Waals surface area contributed by atoms with Crippen molar-refractivity contribution in [3.8, 4) is 0 Å². The van der Waals surface area contributed by atoms with E-state index >= 15 is 0 Å². The molecule has 0 aromatic heterocycles. The lowest BCUT2D eigenvalue weighted by atomic mass is 10.1. The molecule has 1 saturated carbocycles. The first kappa shape index (κ1) is 11.1. The molecule has 1 aliphatic carbocycles. The van der Waals surface area contributed by atoms with E-state index in [1.807, 2.05) is 0 Å². The fourth-order valence-electron chi connectivity index (χ4n) is 2.17. The molecule has 1 unspecified atom stereocenters. The van der Waals surface area contributed by atoms with Gasteiger partial charge in [0.2, 0.25) is 0 Å². The number of carboxylic acids is 1. The van der Waals surface area contributed by atoms with Crippen LogP contribution in [0.1, 0.15) is 35.3 Å². The Morgan fingerprint density at radius 2 is 1.88 bits per heavy atom. The molecule has 1 aliphatic heterocycles. The summed E-state index contributed by atoms with van der Waals surface area (Å²) in [7, 11) is 0. The zero-order valence-electron chi connectivity index (χ0n) is 9.43. The highest BCUT2D eigenvalue weighted by Gasteiger charge is 2.30. The van der Waals surface area contributed by atoms with Crippen molar-refractivity contribution in [3.63, 3.8) is 0 Å². The second kappa shape index (κ2) is 4.35. The minimum absolute atomic E-state index is 0.129. The molecule has 1 aromatic rings. The zero-order chi connectivity index (χ0) is 11.8. The molecule has 2 aliphatic rings. The summed E-state index contributed by atoms with van der Waals surface area (Å²) in [6, 6.07) is 8.21. The van der Waals surface area contributed by atoms with Crippen molar-refractivity contribution >= 4 is 17.7 Å². The normalized spacial score (nSPS) is 28.2. The number of hydrogen-bond acceptors (Lipinski definition) is 3. The third-order valence-corrected chi connectivity index (χ3v) is 4.64. The number of carboxylic acid groups (broad SMARTS) is 1. The maximum atomic E-state index is 10.9. The molecule has 0 bridgehead atoms. The van der Waals surface area contributed by atoms with Crippen LogP contribution in [0.5, 0.6) is 0 Å². The van der Waals surface area contributed by atoms with Crippen molar-refractivity contribution in [1.29, 1.82) is 0 Å². The van der Waals surface area contributed by atoms with E-state index in [9.17, 15) is 4.79 Å². The molecule has 1 aromatic carbocycles. The van der Waals surface area contributed by atoms with Crippen molar-refractivity contribution in [3.05, 3.63) is 35.4 Å². The van der Waals surface area contributed by atoms with Gasteiger partial charge in [0.25, 0.3) is 0 Å². The Labute approximate surface area is 105 Å². The van der Waals surface area contributed by atoms with Crippen LogP contribution in [0.4, 0.5) is 0 Å². The highest BCUT2D eigenvalue weighted by atomic mass is 32.2. The molecule has 1 heterocycles. The van der Waals surface area contributed by atoms with Crippen molar-refractivity contribution < 1.29 is 9.90 Å². The molecular formula is C13H15NO2S. The lowest BCUT2D eigenvalue weighted by Crippen LogP contribution is -2.33. The summed E-state index contributed by atoms with van der Waals surface area (Å²) in [6.07, 6.45) is 2.63. The number of nitrogens with one attached hydrogen (secondary N) is 1. The second-order valence-corrected chi connectivity index (χ2v) is 5.85. The molecule has 0 amide bonds. The van der Waals surface area contributed by atoms with Crippen LogP contribution in [0.3, 0.4) is 0 Å². The summed E-state index contributed by atoms with van der Waals surface area (Å²) in [5.74, 6) is 0.666. The largest absolute Gasteiger partial charge is 0.480 e. The smallest absolute Gasteiger partial charge is 0.321 e. The Balaban J connectivity index is 1.70. The van der Waals surface area contributed by atoms with E-state index in [1.54, 1.807) is 11.8 Å². The molecule has 0 radical (unpaired) electrons. The van der Waals surface area contributed by atoms with Gasteiger partial charge in [0.1, 0.15) is 6.04 Å². The minimum Gasteiger partial charge on any atom is -0.480 e. The monoisotopic (exact) mass is 249 g/mol. The summed E-state index contributed by atoms with van der Waals surface area (Å²) in [5.41, 5.74) is 2.61. The van der Waals surface area contributed by atoms with Gasteiger partial charge in [-0.3, -0.25) is 10.1 Å². The van der Waals surface area contributed by atoms with Gasteiger partial charge in [-0.05, 0) is 29.9 Å². The van der Waals surface area contributed by atoms with Crippen molar-refractivity contribution in [2.45, 2.75) is 30.2 Å². The maximum Gasteiger partial charge on any atom is 0.321 e. The fourth-order valence-corrected chi connectivity index (χ4v) is 3.40. The number of rotatable bonds is 3. The predicted octanol–water partition coefficient (Wildman–Crippen LogP) is 2.35. The first-order valence-corrected chi connectivity index (χ1v) is 6.99. The van der Waals surface area contributed by atoms with Crippen LogP contribution in [0.15, 0.2) is 24.3 Å². The molecule has 90 valence electrons. The van der Waals surface area contributed by atoms with Crippen LogP contribution < -0.4 is 5.32 Å². The van der Waals surface area contributed by atoms with Gasteiger partial charge in [-0.2, -0.15) is 0 Å². The summed E-state index contributed by atoms with van der Waals surface area (Å²) in [6.45, 7) is 0. The van der Waals surface area contributed by atoms with Gasteiger partial charge in [0.05, 0.1) is 5.37 Å². The van der Waals surface area contributed by atoms with Gasteiger partial charge in [-0.25, -0.2) is 0 Å². The predicted molar refractivity (Wildman–Crippen MR) is 68.2 cm³/mol. The molecule has 3 nitrogen and oxygen atoms in total. The Morgan fingerprint density at radius 3 is 2.41 bits per heavy atom. The summed E-state index contributed by atoms with van der Waals surface area (Å²) in [5, 5.41) is 12.2. The van der Waals surface area contributed by atoms with E-state index in [0.29, 0.717) is 5.75 Å². The van der Waals surface area contributed by atoms with Crippen LogP contribution in [0.2, 0.25) is 0 Å². The van der Waals surface area contributed by atoms with E-state index in [4.69, 9.17) is 5.11 Å². The fraction of sp³-hybridized carbons (Fsp3) is 0.462. The average Bonchev–Trinajstić information content (AvgIpc) is 3.06. The first-order valence-electron chi connectivity index (χ1n) is 5.94. The van der Waals surface area contributed by atoms with Gasteiger partial charge < -0.3 is 5.11 Å². The van der Waals surface area contributed by atoms with Crippen molar-refractivity contribution in [1.82, 2.24) is 5.32 Å². The topological polar surface area (TPSA) is 49.3 Å². The Bertz CT molecular complexity index is 428. The number of carbonyl (C=O) groups is 1. The molecular weight excluding hydrogens is 234 g/mol. The van der Waals surface area contributed by atoms with Crippen LogP contribution in [-0.4, -0.2) is 22.9 Å². The van der Waals surface area contributed by atoms with Gasteiger partial charge in [-0.15, -0.1) is 11.8 Å². The third-order valence-electron chi connectivity index (χ3n) is 3.37. The van der Waals surface area contributed by atoms with E-state index in [0.717, 1.165) is 5.92 Å². The van der Waals surface area contributed by atoms with Gasteiger partial charge in [-0.1, -0.05) is 24.3 Å². The molecule has 17 heavy (non-hydrogen) atoms. The minimum atomic E-state index is -0.755. The number of aliphatic carboxylic acids is 1. The SMILES string of the molecule is O=C(O)[C@@H]1CSC(c2ccc(C3CC3)cc2)N1. The Kier molecular flexibility index (Phi) is 2.84. The lowest BCUT2D eigenvalue weighted by Gasteiger charge is -2.11. The van der Waals surface area contributed by atoms with Crippen molar-refractivity contribution in [2.75, 3.05) is 5.75 Å². The van der Waals surface area contributed by atoms with Crippen molar-refractivity contribution in [2.24, 2.45) is 0 Å².